The average Bonchev–Trinajstić information content (AvgIpc) is 2.96. The fraction of sp³-hybridized carbons (Fsp3) is 0.500. The van der Waals surface area contributed by atoms with Crippen LogP contribution < -0.4 is 10.6 Å². The van der Waals surface area contributed by atoms with Crippen molar-refractivity contribution in [2.75, 3.05) is 18.4 Å². The van der Waals surface area contributed by atoms with Crippen LogP contribution in [0.2, 0.25) is 0 Å². The Bertz CT molecular complexity index is 522. The van der Waals surface area contributed by atoms with Crippen molar-refractivity contribution in [1.82, 2.24) is 5.32 Å². The van der Waals surface area contributed by atoms with E-state index in [-0.39, 0.29) is 17.7 Å². The van der Waals surface area contributed by atoms with Crippen molar-refractivity contribution < 1.29 is 14.7 Å². The third-order valence-corrected chi connectivity index (χ3v) is 4.28. The number of rotatable bonds is 6. The standard InChI is InChI=1S/C16H22N2O3/c1-2-16(9-10-17-11-16)15(21)18-13-6-4-3-5-12(13)7-8-14(19)20/h3-6,17H,2,7-11H2,1H3,(H,18,21)(H,19,20). The van der Waals surface area contributed by atoms with E-state index < -0.39 is 5.97 Å². The van der Waals surface area contributed by atoms with Crippen LogP contribution in [0.5, 0.6) is 0 Å². The molecule has 0 bridgehead atoms. The second-order valence-corrected chi connectivity index (χ2v) is 5.57. The Morgan fingerprint density at radius 1 is 1.38 bits per heavy atom. The van der Waals surface area contributed by atoms with Gasteiger partial charge in [-0.25, -0.2) is 0 Å². The zero-order valence-electron chi connectivity index (χ0n) is 12.3. The zero-order chi connectivity index (χ0) is 15.3. The maximum Gasteiger partial charge on any atom is 0.303 e. The summed E-state index contributed by atoms with van der Waals surface area (Å²) in [5.41, 5.74) is 1.24. The number of para-hydroxylation sites is 1. The van der Waals surface area contributed by atoms with Gasteiger partial charge in [-0.2, -0.15) is 0 Å². The lowest BCUT2D eigenvalue weighted by atomic mass is 9.83. The molecular weight excluding hydrogens is 268 g/mol. The Kier molecular flexibility index (Phi) is 4.96. The Morgan fingerprint density at radius 2 is 2.14 bits per heavy atom. The van der Waals surface area contributed by atoms with Gasteiger partial charge in [-0.15, -0.1) is 0 Å². The van der Waals surface area contributed by atoms with E-state index in [0.717, 1.165) is 30.6 Å². The lowest BCUT2D eigenvalue weighted by Gasteiger charge is -2.25. The monoisotopic (exact) mass is 290 g/mol. The summed E-state index contributed by atoms with van der Waals surface area (Å²) in [6, 6.07) is 7.41. The highest BCUT2D eigenvalue weighted by atomic mass is 16.4. The topological polar surface area (TPSA) is 78.4 Å². The van der Waals surface area contributed by atoms with Gasteiger partial charge in [0.1, 0.15) is 0 Å². The molecule has 3 N–H and O–H groups in total. The van der Waals surface area contributed by atoms with Crippen molar-refractivity contribution in [2.45, 2.75) is 32.6 Å². The summed E-state index contributed by atoms with van der Waals surface area (Å²) in [6.45, 7) is 3.59. The van der Waals surface area contributed by atoms with E-state index in [0.29, 0.717) is 13.0 Å². The van der Waals surface area contributed by atoms with Crippen LogP contribution in [0.15, 0.2) is 24.3 Å². The van der Waals surface area contributed by atoms with E-state index in [2.05, 4.69) is 10.6 Å². The molecule has 21 heavy (non-hydrogen) atoms. The molecule has 0 aliphatic carbocycles. The first-order valence-corrected chi connectivity index (χ1v) is 7.39. The van der Waals surface area contributed by atoms with E-state index >= 15 is 0 Å². The highest BCUT2D eigenvalue weighted by molar-refractivity contribution is 5.96. The van der Waals surface area contributed by atoms with Gasteiger partial charge in [0, 0.05) is 18.7 Å². The summed E-state index contributed by atoms with van der Waals surface area (Å²) in [6.07, 6.45) is 2.12. The molecule has 5 nitrogen and oxygen atoms in total. The molecule has 1 unspecified atom stereocenters. The molecule has 2 rings (SSSR count). The molecule has 1 aromatic rings. The molecular formula is C16H22N2O3. The van der Waals surface area contributed by atoms with Gasteiger partial charge < -0.3 is 15.7 Å². The minimum atomic E-state index is -0.832. The van der Waals surface area contributed by atoms with Crippen LogP contribution in [0.25, 0.3) is 0 Å². The first kappa shape index (κ1) is 15.5. The van der Waals surface area contributed by atoms with Crippen molar-refractivity contribution in [3.8, 4) is 0 Å². The molecule has 1 aliphatic heterocycles. The largest absolute Gasteiger partial charge is 0.481 e. The number of nitrogens with one attached hydrogen (secondary N) is 2. The van der Waals surface area contributed by atoms with Gasteiger partial charge in [0.05, 0.1) is 5.41 Å². The fourth-order valence-electron chi connectivity index (χ4n) is 2.76. The van der Waals surface area contributed by atoms with Gasteiger partial charge in [-0.05, 0) is 37.4 Å². The maximum absolute atomic E-state index is 12.6. The molecule has 0 radical (unpaired) electrons. The molecule has 0 saturated carbocycles. The van der Waals surface area contributed by atoms with Crippen LogP contribution in [0, 0.1) is 5.41 Å². The number of carboxylic acid groups (broad SMARTS) is 1. The molecule has 114 valence electrons. The maximum atomic E-state index is 12.6. The first-order valence-electron chi connectivity index (χ1n) is 7.39. The fourth-order valence-corrected chi connectivity index (χ4v) is 2.76. The van der Waals surface area contributed by atoms with E-state index in [1.165, 1.54) is 0 Å². The van der Waals surface area contributed by atoms with Gasteiger partial charge in [0.2, 0.25) is 5.91 Å². The number of hydrogen-bond donors (Lipinski definition) is 3. The quantitative estimate of drug-likeness (QED) is 0.749. The normalized spacial score (nSPS) is 21.2. The predicted molar refractivity (Wildman–Crippen MR) is 81.2 cm³/mol. The van der Waals surface area contributed by atoms with Crippen LogP contribution in [0.4, 0.5) is 5.69 Å². The smallest absolute Gasteiger partial charge is 0.303 e. The summed E-state index contributed by atoms with van der Waals surface area (Å²) in [5, 5.41) is 15.0. The predicted octanol–water partition coefficient (Wildman–Crippen LogP) is 2.03. The lowest BCUT2D eigenvalue weighted by Crippen LogP contribution is -2.37. The van der Waals surface area contributed by atoms with Gasteiger partial charge in [0.15, 0.2) is 0 Å². The third-order valence-electron chi connectivity index (χ3n) is 4.28. The second kappa shape index (κ2) is 6.72. The number of aliphatic carboxylic acids is 1. The number of hydrogen-bond acceptors (Lipinski definition) is 3. The van der Waals surface area contributed by atoms with E-state index in [9.17, 15) is 9.59 Å². The summed E-state index contributed by atoms with van der Waals surface area (Å²) in [7, 11) is 0. The Morgan fingerprint density at radius 3 is 2.76 bits per heavy atom. The van der Waals surface area contributed by atoms with Crippen LogP contribution in [-0.4, -0.2) is 30.1 Å². The molecule has 1 aromatic carbocycles. The molecule has 0 aromatic heterocycles. The van der Waals surface area contributed by atoms with E-state index in [1.54, 1.807) is 0 Å². The molecule has 1 fully saturated rings. The van der Waals surface area contributed by atoms with Crippen LogP contribution in [0.1, 0.15) is 31.7 Å². The molecule has 1 saturated heterocycles. The van der Waals surface area contributed by atoms with Crippen molar-refractivity contribution in [2.24, 2.45) is 5.41 Å². The molecule has 1 amide bonds. The molecule has 1 aliphatic rings. The second-order valence-electron chi connectivity index (χ2n) is 5.57. The van der Waals surface area contributed by atoms with Crippen LogP contribution in [0.3, 0.4) is 0 Å². The SMILES string of the molecule is CCC1(C(=O)Nc2ccccc2CCC(=O)O)CCNC1. The average molecular weight is 290 g/mol. The minimum Gasteiger partial charge on any atom is -0.481 e. The number of carbonyl (C=O) groups is 2. The first-order chi connectivity index (χ1) is 10.1. The van der Waals surface area contributed by atoms with Gasteiger partial charge in [-0.3, -0.25) is 9.59 Å². The summed E-state index contributed by atoms with van der Waals surface area (Å²) < 4.78 is 0. The molecule has 0 spiro atoms. The van der Waals surface area contributed by atoms with E-state index in [1.807, 2.05) is 31.2 Å². The highest BCUT2D eigenvalue weighted by Gasteiger charge is 2.39. The van der Waals surface area contributed by atoms with Crippen LogP contribution >= 0.6 is 0 Å². The molecule has 1 heterocycles. The number of carboxylic acids is 1. The number of carbonyl (C=O) groups excluding carboxylic acids is 1. The minimum absolute atomic E-state index is 0.0257. The zero-order valence-corrected chi connectivity index (χ0v) is 12.3. The van der Waals surface area contributed by atoms with Gasteiger partial charge in [0.25, 0.3) is 0 Å². The third kappa shape index (κ3) is 3.61. The van der Waals surface area contributed by atoms with Crippen molar-refractivity contribution in [3.63, 3.8) is 0 Å². The summed E-state index contributed by atoms with van der Waals surface area (Å²) >= 11 is 0. The van der Waals surface area contributed by atoms with E-state index in [4.69, 9.17) is 5.11 Å². The summed E-state index contributed by atoms with van der Waals surface area (Å²) in [5.74, 6) is -0.807. The van der Waals surface area contributed by atoms with Crippen molar-refractivity contribution in [3.05, 3.63) is 29.8 Å². The Hall–Kier alpha value is -1.88. The lowest BCUT2D eigenvalue weighted by molar-refractivity contribution is -0.137. The Balaban J connectivity index is 2.11. The molecule has 5 heteroatoms. The number of amides is 1. The van der Waals surface area contributed by atoms with Gasteiger partial charge >= 0.3 is 5.97 Å². The molecule has 1 atom stereocenters. The number of benzene rings is 1. The number of anilines is 1. The van der Waals surface area contributed by atoms with Crippen LogP contribution in [-0.2, 0) is 16.0 Å². The summed E-state index contributed by atoms with van der Waals surface area (Å²) in [4.78, 5) is 23.3. The Labute approximate surface area is 124 Å². The van der Waals surface area contributed by atoms with Crippen molar-refractivity contribution >= 4 is 17.6 Å². The van der Waals surface area contributed by atoms with Crippen molar-refractivity contribution in [1.29, 1.82) is 0 Å². The highest BCUT2D eigenvalue weighted by Crippen LogP contribution is 2.31. The van der Waals surface area contributed by atoms with Gasteiger partial charge in [-0.1, -0.05) is 25.1 Å². The number of aryl methyl sites for hydroxylation is 1.